The average molecular weight is 322 g/mol. The summed E-state index contributed by atoms with van der Waals surface area (Å²) >= 11 is 1.69. The smallest absolute Gasteiger partial charge is 0.255 e. The average Bonchev–Trinajstić information content (AvgIpc) is 2.90. The van der Waals surface area contributed by atoms with Gasteiger partial charge in [-0.1, -0.05) is 6.92 Å². The van der Waals surface area contributed by atoms with E-state index in [0.717, 1.165) is 24.8 Å². The van der Waals surface area contributed by atoms with E-state index >= 15 is 0 Å². The van der Waals surface area contributed by atoms with Crippen LogP contribution < -0.4 is 0 Å². The Kier molecular flexibility index (Phi) is 5.62. The number of carbonyl (C=O) groups is 2. The summed E-state index contributed by atoms with van der Waals surface area (Å²) < 4.78 is 0. The van der Waals surface area contributed by atoms with Crippen LogP contribution in [0.3, 0.4) is 0 Å². The summed E-state index contributed by atoms with van der Waals surface area (Å²) in [5.74, 6) is 0.696. The lowest BCUT2D eigenvalue weighted by molar-refractivity contribution is -0.131. The second kappa shape index (κ2) is 7.27. The van der Waals surface area contributed by atoms with E-state index in [4.69, 9.17) is 0 Å². The van der Waals surface area contributed by atoms with Crippen LogP contribution in [0, 0.1) is 5.92 Å². The van der Waals surface area contributed by atoms with E-state index in [1.165, 1.54) is 10.4 Å². The predicted octanol–water partition coefficient (Wildman–Crippen LogP) is 2.81. The van der Waals surface area contributed by atoms with E-state index in [1.54, 1.807) is 28.2 Å². The Morgan fingerprint density at radius 3 is 2.64 bits per heavy atom. The molecule has 1 aromatic heterocycles. The van der Waals surface area contributed by atoms with E-state index in [2.05, 4.69) is 6.92 Å². The Labute approximate surface area is 137 Å². The maximum Gasteiger partial charge on any atom is 0.255 e. The van der Waals surface area contributed by atoms with Gasteiger partial charge in [-0.25, -0.2) is 0 Å². The Hall–Kier alpha value is -1.36. The highest BCUT2D eigenvalue weighted by molar-refractivity contribution is 7.10. The van der Waals surface area contributed by atoms with Gasteiger partial charge in [0.25, 0.3) is 5.91 Å². The van der Waals surface area contributed by atoms with Crippen LogP contribution in [-0.2, 0) is 17.6 Å². The fourth-order valence-corrected chi connectivity index (χ4v) is 4.25. The van der Waals surface area contributed by atoms with Crippen molar-refractivity contribution in [2.24, 2.45) is 5.92 Å². The molecule has 0 aliphatic heterocycles. The zero-order valence-corrected chi connectivity index (χ0v) is 14.8. The van der Waals surface area contributed by atoms with Crippen LogP contribution in [-0.4, -0.2) is 48.3 Å². The van der Waals surface area contributed by atoms with E-state index in [-0.39, 0.29) is 18.4 Å². The molecule has 5 heteroatoms. The van der Waals surface area contributed by atoms with Crippen LogP contribution in [0.5, 0.6) is 0 Å². The maximum atomic E-state index is 12.7. The molecular weight excluding hydrogens is 296 g/mol. The lowest BCUT2D eigenvalue weighted by Crippen LogP contribution is -2.41. The number of likely N-dealkylation sites (N-methyl/N-ethyl adjacent to an activating group) is 2. The lowest BCUT2D eigenvalue weighted by atomic mass is 9.88. The maximum absolute atomic E-state index is 12.7. The van der Waals surface area contributed by atoms with Crippen LogP contribution in [0.2, 0.25) is 0 Å². The third-order valence-corrected chi connectivity index (χ3v) is 5.52. The molecule has 1 unspecified atom stereocenters. The van der Waals surface area contributed by atoms with E-state index in [0.29, 0.717) is 19.0 Å². The van der Waals surface area contributed by atoms with Crippen LogP contribution >= 0.6 is 11.3 Å². The zero-order chi connectivity index (χ0) is 16.3. The van der Waals surface area contributed by atoms with Crippen molar-refractivity contribution in [2.75, 3.05) is 26.7 Å². The topological polar surface area (TPSA) is 40.6 Å². The first-order valence-electron chi connectivity index (χ1n) is 8.10. The van der Waals surface area contributed by atoms with Gasteiger partial charge >= 0.3 is 0 Å². The van der Waals surface area contributed by atoms with Gasteiger partial charge in [0.05, 0.1) is 12.1 Å². The molecule has 0 aromatic carbocycles. The number of hydrogen-bond acceptors (Lipinski definition) is 3. The molecule has 2 amide bonds. The Morgan fingerprint density at radius 1 is 1.32 bits per heavy atom. The normalized spacial score (nSPS) is 17.0. The van der Waals surface area contributed by atoms with Gasteiger partial charge in [0.1, 0.15) is 0 Å². The molecule has 0 saturated carbocycles. The molecule has 1 atom stereocenters. The Balaban J connectivity index is 2.07. The first kappa shape index (κ1) is 17.0. The minimum Gasteiger partial charge on any atom is -0.342 e. The highest BCUT2D eigenvalue weighted by atomic mass is 32.1. The second-order valence-corrected chi connectivity index (χ2v) is 7.09. The largest absolute Gasteiger partial charge is 0.342 e. The van der Waals surface area contributed by atoms with Crippen LogP contribution in [0.4, 0.5) is 0 Å². The Bertz CT molecular complexity index is 549. The fraction of sp³-hybridized carbons (Fsp3) is 0.647. The quantitative estimate of drug-likeness (QED) is 0.836. The molecule has 0 fully saturated rings. The van der Waals surface area contributed by atoms with E-state index in [1.807, 2.05) is 19.2 Å². The van der Waals surface area contributed by atoms with Gasteiger partial charge in [-0.3, -0.25) is 9.59 Å². The minimum absolute atomic E-state index is 0.0126. The van der Waals surface area contributed by atoms with Crippen molar-refractivity contribution in [2.45, 2.75) is 40.0 Å². The first-order chi connectivity index (χ1) is 10.5. The molecule has 22 heavy (non-hydrogen) atoms. The zero-order valence-electron chi connectivity index (χ0n) is 14.0. The number of rotatable bonds is 5. The van der Waals surface area contributed by atoms with Gasteiger partial charge in [0.15, 0.2) is 0 Å². The van der Waals surface area contributed by atoms with Crippen molar-refractivity contribution >= 4 is 23.2 Å². The van der Waals surface area contributed by atoms with Crippen LogP contribution in [0.1, 0.15) is 48.0 Å². The van der Waals surface area contributed by atoms with Crippen molar-refractivity contribution in [3.05, 3.63) is 21.4 Å². The van der Waals surface area contributed by atoms with Crippen molar-refractivity contribution in [1.82, 2.24) is 9.80 Å². The number of hydrogen-bond donors (Lipinski definition) is 0. The van der Waals surface area contributed by atoms with E-state index in [9.17, 15) is 9.59 Å². The van der Waals surface area contributed by atoms with Gasteiger partial charge in [-0.05, 0) is 44.6 Å². The summed E-state index contributed by atoms with van der Waals surface area (Å²) in [4.78, 5) is 29.5. The molecule has 0 radical (unpaired) electrons. The minimum atomic E-state index is -0.0208. The van der Waals surface area contributed by atoms with Gasteiger partial charge in [-0.2, -0.15) is 0 Å². The first-order valence-corrected chi connectivity index (χ1v) is 8.98. The SMILES string of the molecule is CCN(CC)C(=O)CN(C)C(=O)c1csc2c1CCC(C)C2. The molecule has 0 saturated heterocycles. The molecule has 1 aliphatic carbocycles. The summed E-state index contributed by atoms with van der Waals surface area (Å²) in [5, 5.41) is 1.98. The number of amides is 2. The summed E-state index contributed by atoms with van der Waals surface area (Å²) in [5.41, 5.74) is 2.02. The molecule has 0 N–H and O–H groups in total. The lowest BCUT2D eigenvalue weighted by Gasteiger charge is -2.24. The van der Waals surface area contributed by atoms with Crippen LogP contribution in [0.15, 0.2) is 5.38 Å². The van der Waals surface area contributed by atoms with Crippen molar-refractivity contribution in [3.8, 4) is 0 Å². The highest BCUT2D eigenvalue weighted by Crippen LogP contribution is 2.33. The summed E-state index contributed by atoms with van der Waals surface area (Å²) in [7, 11) is 1.72. The van der Waals surface area contributed by atoms with Gasteiger partial charge in [0.2, 0.25) is 5.91 Å². The predicted molar refractivity (Wildman–Crippen MR) is 90.4 cm³/mol. The molecule has 2 rings (SSSR count). The van der Waals surface area contributed by atoms with E-state index < -0.39 is 0 Å². The third-order valence-electron chi connectivity index (χ3n) is 4.47. The van der Waals surface area contributed by atoms with Gasteiger partial charge < -0.3 is 9.80 Å². The molecule has 1 heterocycles. The van der Waals surface area contributed by atoms with Crippen molar-refractivity contribution in [1.29, 1.82) is 0 Å². The van der Waals surface area contributed by atoms with Crippen molar-refractivity contribution in [3.63, 3.8) is 0 Å². The molecule has 1 aromatic rings. The second-order valence-electron chi connectivity index (χ2n) is 6.13. The number of fused-ring (bicyclic) bond motifs is 1. The highest BCUT2D eigenvalue weighted by Gasteiger charge is 2.26. The molecule has 0 bridgehead atoms. The standard InChI is InChI=1S/C17H26N2O2S/c1-5-19(6-2)16(20)10-18(4)17(21)14-11-22-15-9-12(3)7-8-13(14)15/h11-12H,5-10H2,1-4H3. The number of nitrogens with zero attached hydrogens (tertiary/aromatic N) is 2. The molecule has 4 nitrogen and oxygen atoms in total. The monoisotopic (exact) mass is 322 g/mol. The molecular formula is C17H26N2O2S. The molecule has 1 aliphatic rings. The Morgan fingerprint density at radius 2 is 2.00 bits per heavy atom. The fourth-order valence-electron chi connectivity index (χ4n) is 3.01. The van der Waals surface area contributed by atoms with Gasteiger partial charge in [-0.15, -0.1) is 11.3 Å². The number of carbonyl (C=O) groups excluding carboxylic acids is 2. The summed E-state index contributed by atoms with van der Waals surface area (Å²) in [6.07, 6.45) is 3.21. The third kappa shape index (κ3) is 3.51. The van der Waals surface area contributed by atoms with Crippen molar-refractivity contribution < 1.29 is 9.59 Å². The summed E-state index contributed by atoms with van der Waals surface area (Å²) in [6.45, 7) is 7.70. The number of thiophene rings is 1. The summed E-state index contributed by atoms with van der Waals surface area (Å²) in [6, 6.07) is 0. The molecule has 122 valence electrons. The molecule has 0 spiro atoms. The van der Waals surface area contributed by atoms with Crippen LogP contribution in [0.25, 0.3) is 0 Å². The van der Waals surface area contributed by atoms with Gasteiger partial charge in [0, 0.05) is 30.4 Å².